The SMILES string of the molecule is N#C/C(=C/c1cc(Br)ccc1OCc1ccc([N+](=O)[O-])cc1)C(=O)NC1CCCC1. The third-order valence-electron chi connectivity index (χ3n) is 4.87. The van der Waals surface area contributed by atoms with Crippen LogP contribution in [0.4, 0.5) is 5.69 Å². The Morgan fingerprint density at radius 3 is 2.60 bits per heavy atom. The second-order valence-corrected chi connectivity index (χ2v) is 7.93. The maximum Gasteiger partial charge on any atom is 0.269 e. The summed E-state index contributed by atoms with van der Waals surface area (Å²) in [5.41, 5.74) is 1.38. The number of nitro groups is 1. The van der Waals surface area contributed by atoms with Crippen molar-refractivity contribution in [2.24, 2.45) is 0 Å². The molecule has 2 aromatic rings. The van der Waals surface area contributed by atoms with E-state index in [1.807, 2.05) is 6.07 Å². The van der Waals surface area contributed by atoms with Gasteiger partial charge in [-0.15, -0.1) is 0 Å². The highest BCUT2D eigenvalue weighted by atomic mass is 79.9. The zero-order chi connectivity index (χ0) is 21.5. The number of carbonyl (C=O) groups excluding carboxylic acids is 1. The Hall–Kier alpha value is -3.18. The van der Waals surface area contributed by atoms with Crippen LogP contribution in [0.5, 0.6) is 5.75 Å². The predicted molar refractivity (Wildman–Crippen MR) is 116 cm³/mol. The predicted octanol–water partition coefficient (Wildman–Crippen LogP) is 4.90. The molecule has 0 radical (unpaired) electrons. The average Bonchev–Trinajstić information content (AvgIpc) is 3.24. The van der Waals surface area contributed by atoms with Gasteiger partial charge in [0.2, 0.25) is 0 Å². The minimum atomic E-state index is -0.456. The molecule has 7 nitrogen and oxygen atoms in total. The van der Waals surface area contributed by atoms with Gasteiger partial charge >= 0.3 is 0 Å². The summed E-state index contributed by atoms with van der Waals surface area (Å²) in [5.74, 6) is 0.115. The number of amides is 1. The molecule has 0 unspecified atom stereocenters. The van der Waals surface area contributed by atoms with Gasteiger partial charge < -0.3 is 10.1 Å². The minimum Gasteiger partial charge on any atom is -0.488 e. The highest BCUT2D eigenvalue weighted by Gasteiger charge is 2.19. The van der Waals surface area contributed by atoms with E-state index in [0.717, 1.165) is 35.7 Å². The van der Waals surface area contributed by atoms with Crippen LogP contribution in [0, 0.1) is 21.4 Å². The molecule has 1 aliphatic carbocycles. The summed E-state index contributed by atoms with van der Waals surface area (Å²) in [6.45, 7) is 0.191. The molecule has 2 aromatic carbocycles. The Bertz CT molecular complexity index is 1010. The molecule has 0 bridgehead atoms. The lowest BCUT2D eigenvalue weighted by Gasteiger charge is -2.12. The van der Waals surface area contributed by atoms with Crippen molar-refractivity contribution >= 4 is 33.6 Å². The largest absolute Gasteiger partial charge is 0.488 e. The first-order valence-corrected chi connectivity index (χ1v) is 10.3. The van der Waals surface area contributed by atoms with E-state index in [1.54, 1.807) is 30.3 Å². The zero-order valence-corrected chi connectivity index (χ0v) is 17.7. The molecule has 30 heavy (non-hydrogen) atoms. The molecule has 1 N–H and O–H groups in total. The van der Waals surface area contributed by atoms with Gasteiger partial charge in [0.1, 0.15) is 24.0 Å². The Labute approximate surface area is 182 Å². The number of nitrogens with one attached hydrogen (secondary N) is 1. The van der Waals surface area contributed by atoms with E-state index >= 15 is 0 Å². The second kappa shape index (κ2) is 10.0. The van der Waals surface area contributed by atoms with Gasteiger partial charge in [-0.1, -0.05) is 28.8 Å². The van der Waals surface area contributed by atoms with Crippen LogP contribution in [0.25, 0.3) is 6.08 Å². The summed E-state index contributed by atoms with van der Waals surface area (Å²) < 4.78 is 6.64. The van der Waals surface area contributed by atoms with Crippen molar-refractivity contribution in [3.05, 3.63) is 73.8 Å². The van der Waals surface area contributed by atoms with Crippen LogP contribution in [-0.4, -0.2) is 16.9 Å². The van der Waals surface area contributed by atoms with E-state index in [-0.39, 0.29) is 29.8 Å². The topological polar surface area (TPSA) is 105 Å². The molecule has 0 heterocycles. The van der Waals surface area contributed by atoms with E-state index in [1.165, 1.54) is 18.2 Å². The van der Waals surface area contributed by atoms with Crippen molar-refractivity contribution in [2.45, 2.75) is 38.3 Å². The highest BCUT2D eigenvalue weighted by molar-refractivity contribution is 9.10. The number of rotatable bonds is 7. The quantitative estimate of drug-likeness (QED) is 0.268. The number of hydrogen-bond acceptors (Lipinski definition) is 5. The summed E-state index contributed by atoms with van der Waals surface area (Å²) in [7, 11) is 0. The fourth-order valence-corrected chi connectivity index (χ4v) is 3.65. The summed E-state index contributed by atoms with van der Waals surface area (Å²) in [6.07, 6.45) is 5.56. The number of nitriles is 1. The Kier molecular flexibility index (Phi) is 7.20. The number of hydrogen-bond donors (Lipinski definition) is 1. The lowest BCUT2D eigenvalue weighted by atomic mass is 10.1. The molecule has 0 spiro atoms. The number of halogens is 1. The average molecular weight is 470 g/mol. The second-order valence-electron chi connectivity index (χ2n) is 7.02. The van der Waals surface area contributed by atoms with E-state index in [2.05, 4.69) is 21.2 Å². The first-order valence-electron chi connectivity index (χ1n) is 9.54. The molecule has 0 aromatic heterocycles. The molecule has 154 valence electrons. The van der Waals surface area contributed by atoms with Gasteiger partial charge in [-0.25, -0.2) is 0 Å². The Morgan fingerprint density at radius 2 is 1.97 bits per heavy atom. The van der Waals surface area contributed by atoms with Crippen LogP contribution in [0.2, 0.25) is 0 Å². The monoisotopic (exact) mass is 469 g/mol. The lowest BCUT2D eigenvalue weighted by molar-refractivity contribution is -0.384. The van der Waals surface area contributed by atoms with Gasteiger partial charge in [0.15, 0.2) is 0 Å². The van der Waals surface area contributed by atoms with E-state index in [9.17, 15) is 20.2 Å². The molecule has 0 saturated heterocycles. The van der Waals surface area contributed by atoms with Gasteiger partial charge in [0.05, 0.1) is 4.92 Å². The molecular formula is C22H20BrN3O4. The van der Waals surface area contributed by atoms with Crippen LogP contribution >= 0.6 is 15.9 Å². The smallest absolute Gasteiger partial charge is 0.269 e. The summed E-state index contributed by atoms with van der Waals surface area (Å²) >= 11 is 3.40. The van der Waals surface area contributed by atoms with Gasteiger partial charge in [-0.2, -0.15) is 5.26 Å². The van der Waals surface area contributed by atoms with Crippen molar-refractivity contribution in [3.63, 3.8) is 0 Å². The molecule has 1 aliphatic rings. The van der Waals surface area contributed by atoms with Gasteiger partial charge in [0, 0.05) is 28.2 Å². The number of nitro benzene ring substituents is 1. The number of non-ortho nitro benzene ring substituents is 1. The Morgan fingerprint density at radius 1 is 1.27 bits per heavy atom. The molecule has 1 fully saturated rings. The van der Waals surface area contributed by atoms with Crippen LogP contribution in [-0.2, 0) is 11.4 Å². The van der Waals surface area contributed by atoms with Crippen molar-refractivity contribution < 1.29 is 14.5 Å². The van der Waals surface area contributed by atoms with Crippen molar-refractivity contribution in [1.29, 1.82) is 5.26 Å². The molecular weight excluding hydrogens is 450 g/mol. The first-order chi connectivity index (χ1) is 14.5. The molecule has 1 amide bonds. The van der Waals surface area contributed by atoms with E-state index < -0.39 is 4.92 Å². The minimum absolute atomic E-state index is 0.0120. The number of benzene rings is 2. The number of carbonyl (C=O) groups is 1. The number of ether oxygens (including phenoxy) is 1. The fourth-order valence-electron chi connectivity index (χ4n) is 3.28. The molecule has 8 heteroatoms. The maximum absolute atomic E-state index is 12.5. The summed E-state index contributed by atoms with van der Waals surface area (Å²) in [5, 5.41) is 23.2. The molecule has 0 aliphatic heterocycles. The van der Waals surface area contributed by atoms with Crippen LogP contribution in [0.15, 0.2) is 52.5 Å². The van der Waals surface area contributed by atoms with Crippen LogP contribution < -0.4 is 10.1 Å². The fraction of sp³-hybridized carbons (Fsp3) is 0.273. The normalized spacial score (nSPS) is 14.2. The van der Waals surface area contributed by atoms with E-state index in [0.29, 0.717) is 11.3 Å². The van der Waals surface area contributed by atoms with Crippen LogP contribution in [0.1, 0.15) is 36.8 Å². The molecule has 1 saturated carbocycles. The lowest BCUT2D eigenvalue weighted by Crippen LogP contribution is -2.33. The van der Waals surface area contributed by atoms with Crippen molar-refractivity contribution in [1.82, 2.24) is 5.32 Å². The van der Waals surface area contributed by atoms with Crippen molar-refractivity contribution in [2.75, 3.05) is 0 Å². The first kappa shape index (κ1) is 21.5. The van der Waals surface area contributed by atoms with Gasteiger partial charge in [-0.05, 0) is 54.8 Å². The third-order valence-corrected chi connectivity index (χ3v) is 5.36. The van der Waals surface area contributed by atoms with Crippen LogP contribution in [0.3, 0.4) is 0 Å². The standard InChI is InChI=1S/C22H20BrN3O4/c23-18-7-10-21(30-14-15-5-8-20(9-6-15)26(28)29)16(12-18)11-17(13-24)22(27)25-19-3-1-2-4-19/h5-12,19H,1-4,14H2,(H,25,27)/b17-11-. The molecule has 0 atom stereocenters. The summed E-state index contributed by atoms with van der Waals surface area (Å²) in [6, 6.07) is 13.5. The third kappa shape index (κ3) is 5.67. The Balaban J connectivity index is 1.76. The summed E-state index contributed by atoms with van der Waals surface area (Å²) in [4.78, 5) is 22.8. The van der Waals surface area contributed by atoms with Gasteiger partial charge in [-0.3, -0.25) is 14.9 Å². The maximum atomic E-state index is 12.5. The zero-order valence-electron chi connectivity index (χ0n) is 16.1. The highest BCUT2D eigenvalue weighted by Crippen LogP contribution is 2.27. The van der Waals surface area contributed by atoms with Gasteiger partial charge in [0.25, 0.3) is 11.6 Å². The van der Waals surface area contributed by atoms with Crippen molar-refractivity contribution in [3.8, 4) is 11.8 Å². The molecule has 3 rings (SSSR count). The van der Waals surface area contributed by atoms with E-state index in [4.69, 9.17) is 4.74 Å². The number of nitrogens with zero attached hydrogens (tertiary/aromatic N) is 2.